The van der Waals surface area contributed by atoms with Crippen molar-refractivity contribution in [2.75, 3.05) is 7.11 Å². The van der Waals surface area contributed by atoms with Gasteiger partial charge in [0.05, 0.1) is 22.8 Å². The normalized spacial score (nSPS) is 11.2. The Labute approximate surface area is 316 Å². The van der Waals surface area contributed by atoms with Crippen molar-refractivity contribution in [1.82, 2.24) is 19.9 Å². The fraction of sp³-hybridized carbons (Fsp3) is 0.0222. The zero-order valence-electron chi connectivity index (χ0n) is 28.4. The van der Waals surface area contributed by atoms with Gasteiger partial charge >= 0.3 is 0 Å². The average Bonchev–Trinajstić information content (AvgIpc) is 4.02. The first-order valence-electron chi connectivity index (χ1n) is 16.6. The maximum Gasteiger partial charge on any atom is 0.0738 e. The van der Waals surface area contributed by atoms with E-state index < -0.39 is 0 Å². The maximum atomic E-state index is 7.00. The van der Waals surface area contributed by atoms with Crippen LogP contribution in [-0.4, -0.2) is 37.6 Å². The summed E-state index contributed by atoms with van der Waals surface area (Å²) in [5, 5.41) is 7.00. The molecule has 0 unspecified atom stereocenters. The largest absolute Gasteiger partial charge is 0.412 e. The second kappa shape index (κ2) is 16.0. The van der Waals surface area contributed by atoms with E-state index in [0.717, 1.165) is 96.5 Å². The van der Waals surface area contributed by atoms with Crippen LogP contribution < -0.4 is 0 Å². The molecular formula is C45H36MoN4O2. The van der Waals surface area contributed by atoms with Crippen molar-refractivity contribution < 1.29 is 31.6 Å². The van der Waals surface area contributed by atoms with Gasteiger partial charge in [0.15, 0.2) is 0 Å². The third kappa shape index (κ3) is 6.75. The fourth-order valence-corrected chi connectivity index (χ4v) is 6.84. The third-order valence-corrected chi connectivity index (χ3v) is 9.00. The molecule has 0 aliphatic carbocycles. The molecular weight excluding hydrogens is 724 g/mol. The predicted molar refractivity (Wildman–Crippen MR) is 212 cm³/mol. The van der Waals surface area contributed by atoms with E-state index >= 15 is 0 Å². The molecule has 2 aliphatic heterocycles. The van der Waals surface area contributed by atoms with Crippen molar-refractivity contribution in [3.8, 4) is 44.5 Å². The molecule has 52 heavy (non-hydrogen) atoms. The van der Waals surface area contributed by atoms with Crippen molar-refractivity contribution >= 4 is 46.4 Å². The first kappa shape index (κ1) is 35.9. The summed E-state index contributed by atoms with van der Waals surface area (Å²) in [6.07, 6.45) is 8.50. The molecule has 7 heteroatoms. The van der Waals surface area contributed by atoms with Gasteiger partial charge in [0.25, 0.3) is 0 Å². The molecule has 8 bridgehead atoms. The molecule has 0 amide bonds. The zero-order valence-corrected chi connectivity index (χ0v) is 30.4. The van der Waals surface area contributed by atoms with E-state index in [4.69, 9.17) is 15.1 Å². The van der Waals surface area contributed by atoms with Crippen molar-refractivity contribution in [1.29, 1.82) is 0 Å². The number of nitrogens with zero attached hydrogens (tertiary/aromatic N) is 2. The fourth-order valence-electron chi connectivity index (χ4n) is 6.84. The SMILES string of the molecule is C1=Cc2nc1c(-c1ccccc1)c1nc(c(-c3ccccc3)c3ccc([nH]3)c(-c3ccccc3)c3ccc([nH]3)c2-c2ccccc2)C=C1.CO.O.[Mo]. The van der Waals surface area contributed by atoms with Crippen molar-refractivity contribution in [2.45, 2.75) is 0 Å². The Morgan fingerprint density at radius 1 is 0.346 bits per heavy atom. The zero-order chi connectivity index (χ0) is 33.9. The molecule has 7 aromatic rings. The minimum absolute atomic E-state index is 0. The number of nitrogens with one attached hydrogen (secondary N) is 2. The minimum Gasteiger partial charge on any atom is -0.412 e. The molecule has 0 saturated heterocycles. The van der Waals surface area contributed by atoms with Crippen molar-refractivity contribution in [3.63, 3.8) is 0 Å². The van der Waals surface area contributed by atoms with Crippen LogP contribution in [0.3, 0.4) is 0 Å². The van der Waals surface area contributed by atoms with Gasteiger partial charge in [0.1, 0.15) is 0 Å². The van der Waals surface area contributed by atoms with Crippen LogP contribution >= 0.6 is 0 Å². The second-order valence-corrected chi connectivity index (χ2v) is 12.0. The molecule has 2 aliphatic rings. The van der Waals surface area contributed by atoms with Gasteiger partial charge in [-0.25, -0.2) is 9.97 Å². The Hall–Kier alpha value is -5.91. The van der Waals surface area contributed by atoms with Gasteiger partial charge in [0, 0.05) is 72.5 Å². The van der Waals surface area contributed by atoms with Crippen LogP contribution in [0.15, 0.2) is 146 Å². The molecule has 0 spiro atoms. The Morgan fingerprint density at radius 3 is 0.923 bits per heavy atom. The quantitative estimate of drug-likeness (QED) is 0.155. The summed E-state index contributed by atoms with van der Waals surface area (Å²) in [5.74, 6) is 0. The molecule has 0 fully saturated rings. The van der Waals surface area contributed by atoms with Crippen LogP contribution in [0.4, 0.5) is 0 Å². The monoisotopic (exact) mass is 762 g/mol. The smallest absolute Gasteiger partial charge is 0.0738 e. The Kier molecular flexibility index (Phi) is 11.0. The van der Waals surface area contributed by atoms with Crippen LogP contribution in [0, 0.1) is 0 Å². The molecule has 3 aromatic heterocycles. The summed E-state index contributed by atoms with van der Waals surface area (Å²) in [6, 6.07) is 50.7. The van der Waals surface area contributed by atoms with E-state index in [9.17, 15) is 0 Å². The standard InChI is InChI=1S/C44H30N4.CH4O.Mo.H2O/c1-5-13-29(14-6-1)41-33-21-23-35(45-33)42(30-15-7-2-8-16-30)37-25-27-39(47-37)44(32-19-11-4-12-20-32)40-28-26-38(48-40)43(31-17-9-3-10-18-31)36-24-22-34(41)46-36;1-2;;/h1-28,45-46H;2H,1H3;;1H2. The maximum absolute atomic E-state index is 7.00. The van der Waals surface area contributed by atoms with E-state index in [1.807, 2.05) is 18.2 Å². The first-order chi connectivity index (χ1) is 24.8. The topological polar surface area (TPSA) is 109 Å². The summed E-state index contributed by atoms with van der Waals surface area (Å²) in [6.45, 7) is 0. The molecule has 6 nitrogen and oxygen atoms in total. The molecule has 9 rings (SSSR count). The van der Waals surface area contributed by atoms with Crippen LogP contribution in [-0.2, 0) is 21.1 Å². The number of aliphatic hydroxyl groups excluding tert-OH is 1. The van der Waals surface area contributed by atoms with Gasteiger partial charge < -0.3 is 20.6 Å². The van der Waals surface area contributed by atoms with Gasteiger partial charge in [-0.15, -0.1) is 0 Å². The van der Waals surface area contributed by atoms with E-state index in [1.165, 1.54) is 0 Å². The summed E-state index contributed by atoms with van der Waals surface area (Å²) in [4.78, 5) is 18.3. The Morgan fingerprint density at radius 2 is 0.596 bits per heavy atom. The summed E-state index contributed by atoms with van der Waals surface area (Å²) < 4.78 is 0. The van der Waals surface area contributed by atoms with Crippen molar-refractivity contribution in [3.05, 3.63) is 168 Å². The minimum atomic E-state index is 0. The Bertz CT molecular complexity index is 2400. The first-order valence-corrected chi connectivity index (χ1v) is 16.6. The Balaban J connectivity index is 0.00000114. The molecule has 4 aromatic carbocycles. The number of benzene rings is 4. The third-order valence-electron chi connectivity index (χ3n) is 9.00. The van der Waals surface area contributed by atoms with Gasteiger partial charge in [-0.05, 0) is 70.8 Å². The van der Waals surface area contributed by atoms with E-state index in [-0.39, 0.29) is 26.5 Å². The van der Waals surface area contributed by atoms with E-state index in [1.54, 1.807) is 0 Å². The number of aromatic amines is 2. The number of aromatic nitrogens is 4. The number of hydrogen-bond acceptors (Lipinski definition) is 3. The summed E-state index contributed by atoms with van der Waals surface area (Å²) in [5.41, 5.74) is 16.2. The van der Waals surface area contributed by atoms with E-state index in [0.29, 0.717) is 0 Å². The van der Waals surface area contributed by atoms with E-state index in [2.05, 4.69) is 162 Å². The van der Waals surface area contributed by atoms with Gasteiger partial charge in [-0.3, -0.25) is 0 Å². The van der Waals surface area contributed by atoms with Crippen LogP contribution in [0.5, 0.6) is 0 Å². The van der Waals surface area contributed by atoms with Crippen LogP contribution in [0.1, 0.15) is 22.8 Å². The van der Waals surface area contributed by atoms with Crippen molar-refractivity contribution in [2.24, 2.45) is 0 Å². The second-order valence-electron chi connectivity index (χ2n) is 12.0. The average molecular weight is 761 g/mol. The van der Waals surface area contributed by atoms with Gasteiger partial charge in [-0.2, -0.15) is 0 Å². The number of fused-ring (bicyclic) bond motifs is 8. The summed E-state index contributed by atoms with van der Waals surface area (Å²) >= 11 is 0. The molecule has 254 valence electrons. The molecule has 0 saturated carbocycles. The molecule has 5 heterocycles. The molecule has 0 atom stereocenters. The number of H-pyrrole nitrogens is 2. The predicted octanol–water partition coefficient (Wildman–Crippen LogP) is 10.1. The van der Waals surface area contributed by atoms with Crippen LogP contribution in [0.2, 0.25) is 0 Å². The molecule has 5 N–H and O–H groups in total. The van der Waals surface area contributed by atoms with Gasteiger partial charge in [-0.1, -0.05) is 121 Å². The van der Waals surface area contributed by atoms with Gasteiger partial charge in [0.2, 0.25) is 0 Å². The summed E-state index contributed by atoms with van der Waals surface area (Å²) in [7, 11) is 1.00. The number of aliphatic hydroxyl groups is 1. The molecule has 0 radical (unpaired) electrons. The van der Waals surface area contributed by atoms with Crippen LogP contribution in [0.25, 0.3) is 90.9 Å². The number of hydrogen-bond donors (Lipinski definition) is 3. The number of rotatable bonds is 4.